The highest BCUT2D eigenvalue weighted by atomic mass is 32.2. The lowest BCUT2D eigenvalue weighted by Crippen LogP contribution is -2.43. The summed E-state index contributed by atoms with van der Waals surface area (Å²) in [4.78, 5) is 6.74. The number of H-pyrrole nitrogens is 1. The van der Waals surface area contributed by atoms with Crippen LogP contribution in [0, 0.1) is 0 Å². The molecule has 0 saturated carbocycles. The van der Waals surface area contributed by atoms with E-state index in [-0.39, 0.29) is 17.2 Å². The number of nitrogens with one attached hydrogen (secondary N) is 2. The highest BCUT2D eigenvalue weighted by Gasteiger charge is 2.32. The number of hydrogen-bond acceptors (Lipinski definition) is 5. The van der Waals surface area contributed by atoms with E-state index in [9.17, 15) is 8.42 Å². The van der Waals surface area contributed by atoms with Gasteiger partial charge in [0.25, 0.3) is 10.0 Å². The van der Waals surface area contributed by atoms with Gasteiger partial charge >= 0.3 is 0 Å². The molecule has 2 heterocycles. The number of nitrogens with zero attached hydrogens (tertiary/aromatic N) is 1. The summed E-state index contributed by atoms with van der Waals surface area (Å²) in [6, 6.07) is -0.367. The Bertz CT molecular complexity index is 499. The zero-order valence-corrected chi connectivity index (χ0v) is 11.2. The first-order chi connectivity index (χ1) is 8.56. The molecule has 0 radical (unpaired) electrons. The van der Waals surface area contributed by atoms with E-state index in [2.05, 4.69) is 14.7 Å². The summed E-state index contributed by atoms with van der Waals surface area (Å²) >= 11 is 0. The van der Waals surface area contributed by atoms with Crippen LogP contribution < -0.4 is 4.72 Å². The number of rotatable bonds is 5. The minimum atomic E-state index is -3.60. The molecule has 0 aliphatic carbocycles. The summed E-state index contributed by atoms with van der Waals surface area (Å²) in [7, 11) is -2.07. The van der Waals surface area contributed by atoms with Crippen molar-refractivity contribution in [3.63, 3.8) is 0 Å². The van der Waals surface area contributed by atoms with Gasteiger partial charge in [0, 0.05) is 13.5 Å². The minimum absolute atomic E-state index is 0.0705. The molecule has 2 unspecified atom stereocenters. The standard InChI is InChI=1S/C10H17N3O4S/c1-3-9-11-4-10(12-9)18(14,15)13-7-5-17-6-8(7)16-2/h4,7-8,13H,3,5-6H2,1-2H3,(H,11,12). The Kier molecular flexibility index (Phi) is 4.00. The fraction of sp³-hybridized carbons (Fsp3) is 0.700. The van der Waals surface area contributed by atoms with E-state index in [0.717, 1.165) is 0 Å². The highest BCUT2D eigenvalue weighted by molar-refractivity contribution is 7.89. The van der Waals surface area contributed by atoms with Gasteiger partial charge in [-0.3, -0.25) is 0 Å². The molecule has 8 heteroatoms. The van der Waals surface area contributed by atoms with E-state index in [1.165, 1.54) is 13.3 Å². The molecule has 1 aliphatic heterocycles. The largest absolute Gasteiger partial charge is 0.377 e. The monoisotopic (exact) mass is 275 g/mol. The number of aromatic nitrogens is 2. The van der Waals surface area contributed by atoms with Gasteiger partial charge in [-0.05, 0) is 0 Å². The van der Waals surface area contributed by atoms with Crippen molar-refractivity contribution in [2.45, 2.75) is 30.5 Å². The van der Waals surface area contributed by atoms with Crippen molar-refractivity contribution in [3.05, 3.63) is 12.0 Å². The third kappa shape index (κ3) is 2.72. The van der Waals surface area contributed by atoms with E-state index in [0.29, 0.717) is 25.5 Å². The highest BCUT2D eigenvalue weighted by Crippen LogP contribution is 2.13. The quantitative estimate of drug-likeness (QED) is 0.767. The van der Waals surface area contributed by atoms with Crippen molar-refractivity contribution in [2.24, 2.45) is 0 Å². The molecule has 2 N–H and O–H groups in total. The average molecular weight is 275 g/mol. The van der Waals surface area contributed by atoms with Crippen LogP contribution in [0.4, 0.5) is 0 Å². The number of methoxy groups -OCH3 is 1. The van der Waals surface area contributed by atoms with Crippen molar-refractivity contribution in [2.75, 3.05) is 20.3 Å². The smallest absolute Gasteiger partial charge is 0.258 e. The molecule has 0 aromatic carbocycles. The van der Waals surface area contributed by atoms with Crippen molar-refractivity contribution in [1.29, 1.82) is 0 Å². The molecule has 0 bridgehead atoms. The second-order valence-corrected chi connectivity index (χ2v) is 5.77. The molecule has 1 aliphatic rings. The molecule has 1 aromatic heterocycles. The Labute approximate surface area is 106 Å². The van der Waals surface area contributed by atoms with Gasteiger partial charge in [0.05, 0.1) is 31.6 Å². The van der Waals surface area contributed by atoms with Crippen molar-refractivity contribution in [1.82, 2.24) is 14.7 Å². The zero-order chi connectivity index (χ0) is 13.2. The van der Waals surface area contributed by atoms with Crippen molar-refractivity contribution >= 4 is 10.0 Å². The van der Waals surface area contributed by atoms with Crippen LogP contribution in [0.2, 0.25) is 0 Å². The van der Waals surface area contributed by atoms with Gasteiger partial charge in [0.2, 0.25) is 0 Å². The third-order valence-corrected chi connectivity index (χ3v) is 4.27. The summed E-state index contributed by atoms with van der Waals surface area (Å²) in [5.41, 5.74) is 0. The van der Waals surface area contributed by atoms with Gasteiger partial charge in [-0.2, -0.15) is 0 Å². The maximum absolute atomic E-state index is 12.1. The Hall–Kier alpha value is -0.960. The van der Waals surface area contributed by atoms with Gasteiger partial charge in [-0.25, -0.2) is 18.1 Å². The molecule has 18 heavy (non-hydrogen) atoms. The van der Waals surface area contributed by atoms with Crippen molar-refractivity contribution < 1.29 is 17.9 Å². The molecule has 0 amide bonds. The number of aromatic amines is 1. The Balaban J connectivity index is 2.11. The van der Waals surface area contributed by atoms with Crippen molar-refractivity contribution in [3.8, 4) is 0 Å². The molecule has 1 saturated heterocycles. The normalized spacial score (nSPS) is 24.6. The second-order valence-electron chi connectivity index (χ2n) is 4.09. The van der Waals surface area contributed by atoms with E-state index in [4.69, 9.17) is 9.47 Å². The number of imidazole rings is 1. The summed E-state index contributed by atoms with van der Waals surface area (Å²) in [5, 5.41) is 0.0705. The Morgan fingerprint density at radius 1 is 1.61 bits per heavy atom. The summed E-state index contributed by atoms with van der Waals surface area (Å²) in [6.45, 7) is 2.60. The molecule has 2 rings (SSSR count). The third-order valence-electron chi connectivity index (χ3n) is 2.87. The molecule has 0 spiro atoms. The zero-order valence-electron chi connectivity index (χ0n) is 10.3. The first-order valence-corrected chi connectivity index (χ1v) is 7.22. The minimum Gasteiger partial charge on any atom is -0.377 e. The molecule has 2 atom stereocenters. The SMILES string of the molecule is CCc1ncc(S(=O)(=O)NC2COCC2OC)[nH]1. The van der Waals surface area contributed by atoms with Crippen LogP contribution in [0.25, 0.3) is 0 Å². The lowest BCUT2D eigenvalue weighted by molar-refractivity contribution is 0.0761. The lowest BCUT2D eigenvalue weighted by atomic mass is 10.2. The van der Waals surface area contributed by atoms with Gasteiger partial charge in [-0.1, -0.05) is 6.92 Å². The van der Waals surface area contributed by atoms with E-state index in [1.54, 1.807) is 0 Å². The first kappa shape index (κ1) is 13.5. The molecule has 1 aromatic rings. The van der Waals surface area contributed by atoms with Gasteiger partial charge in [0.1, 0.15) is 5.82 Å². The molecule has 102 valence electrons. The van der Waals surface area contributed by atoms with Crippen LogP contribution in [0.1, 0.15) is 12.7 Å². The maximum Gasteiger partial charge on any atom is 0.258 e. The molecular weight excluding hydrogens is 258 g/mol. The lowest BCUT2D eigenvalue weighted by Gasteiger charge is -2.16. The van der Waals surface area contributed by atoms with E-state index >= 15 is 0 Å². The summed E-state index contributed by atoms with van der Waals surface area (Å²) in [5.74, 6) is 0.640. The second kappa shape index (κ2) is 5.35. The number of hydrogen-bond donors (Lipinski definition) is 2. The molecule has 7 nitrogen and oxygen atoms in total. The Morgan fingerprint density at radius 3 is 3.00 bits per heavy atom. The van der Waals surface area contributed by atoms with Crippen LogP contribution in [-0.2, 0) is 25.9 Å². The number of sulfonamides is 1. The molecule has 1 fully saturated rings. The fourth-order valence-corrected chi connectivity index (χ4v) is 2.99. The van der Waals surface area contributed by atoms with Gasteiger partial charge in [-0.15, -0.1) is 0 Å². The first-order valence-electron chi connectivity index (χ1n) is 5.73. The van der Waals surface area contributed by atoms with Gasteiger partial charge < -0.3 is 14.5 Å². The number of ether oxygens (including phenoxy) is 2. The van der Waals surface area contributed by atoms with Gasteiger partial charge in [0.15, 0.2) is 5.03 Å². The van der Waals surface area contributed by atoms with Crippen LogP contribution >= 0.6 is 0 Å². The summed E-state index contributed by atoms with van der Waals surface area (Å²) in [6.07, 6.45) is 1.72. The predicted octanol–water partition coefficient (Wildman–Crippen LogP) is -0.336. The van der Waals surface area contributed by atoms with Crippen LogP contribution in [0.3, 0.4) is 0 Å². The average Bonchev–Trinajstić information content (AvgIpc) is 2.96. The van der Waals surface area contributed by atoms with Crippen LogP contribution in [-0.4, -0.2) is 50.9 Å². The van der Waals surface area contributed by atoms with E-state index in [1.807, 2.05) is 6.92 Å². The van der Waals surface area contributed by atoms with Crippen LogP contribution in [0.15, 0.2) is 11.2 Å². The Morgan fingerprint density at radius 2 is 2.39 bits per heavy atom. The predicted molar refractivity (Wildman–Crippen MR) is 63.7 cm³/mol. The summed E-state index contributed by atoms with van der Waals surface area (Å²) < 4.78 is 37.1. The van der Waals surface area contributed by atoms with E-state index < -0.39 is 10.0 Å². The molecular formula is C10H17N3O4S. The topological polar surface area (TPSA) is 93.3 Å². The van der Waals surface area contributed by atoms with Crippen LogP contribution in [0.5, 0.6) is 0 Å². The number of aryl methyl sites for hydroxylation is 1. The fourth-order valence-electron chi connectivity index (χ4n) is 1.80. The maximum atomic E-state index is 12.1.